The molecule has 0 radical (unpaired) electrons. The number of nitrogens with one attached hydrogen (secondary N) is 1. The van der Waals surface area contributed by atoms with Gasteiger partial charge in [0.15, 0.2) is 0 Å². The Kier molecular flexibility index (Phi) is 3.21. The number of benzene rings is 1. The molecule has 1 atom stereocenters. The molecule has 0 amide bonds. The van der Waals surface area contributed by atoms with Crippen LogP contribution in [-0.4, -0.2) is 9.91 Å². The number of aromatic nitrogens is 1. The summed E-state index contributed by atoms with van der Waals surface area (Å²) in [5.74, 6) is 0.328. The van der Waals surface area contributed by atoms with Crippen LogP contribution in [0.5, 0.6) is 0 Å². The highest BCUT2D eigenvalue weighted by Crippen LogP contribution is 2.36. The van der Waals surface area contributed by atoms with Crippen LogP contribution >= 0.6 is 0 Å². The van der Waals surface area contributed by atoms with Gasteiger partial charge in [0.1, 0.15) is 0 Å². The number of nitrogen functional groups attached to an aromatic ring is 1. The molecule has 6 nitrogen and oxygen atoms in total. The van der Waals surface area contributed by atoms with E-state index in [-0.39, 0.29) is 11.7 Å². The average molecular weight is 284 g/mol. The number of aryl methyl sites for hydroxylation is 2. The first kappa shape index (κ1) is 13.4. The van der Waals surface area contributed by atoms with Gasteiger partial charge in [0.2, 0.25) is 5.82 Å². The van der Waals surface area contributed by atoms with Gasteiger partial charge in [0.05, 0.1) is 11.0 Å². The predicted octanol–water partition coefficient (Wildman–Crippen LogP) is 2.98. The molecule has 0 fully saturated rings. The summed E-state index contributed by atoms with van der Waals surface area (Å²) in [5.41, 5.74) is 9.63. The van der Waals surface area contributed by atoms with Crippen LogP contribution in [0, 0.1) is 17.0 Å². The van der Waals surface area contributed by atoms with Crippen molar-refractivity contribution in [1.29, 1.82) is 0 Å². The van der Waals surface area contributed by atoms with E-state index in [9.17, 15) is 10.1 Å². The maximum absolute atomic E-state index is 11.1. The highest BCUT2D eigenvalue weighted by atomic mass is 16.6. The Morgan fingerprint density at radius 2 is 2.19 bits per heavy atom. The minimum absolute atomic E-state index is 0.00416. The van der Waals surface area contributed by atoms with Gasteiger partial charge < -0.3 is 11.1 Å². The number of nitro groups is 1. The van der Waals surface area contributed by atoms with Gasteiger partial charge in [0, 0.05) is 17.4 Å². The van der Waals surface area contributed by atoms with Crippen molar-refractivity contribution >= 4 is 17.2 Å². The smallest absolute Gasteiger partial charge is 0.311 e. The maximum atomic E-state index is 11.1. The van der Waals surface area contributed by atoms with Gasteiger partial charge in [-0.25, -0.2) is 4.98 Å². The van der Waals surface area contributed by atoms with Gasteiger partial charge in [-0.2, -0.15) is 0 Å². The van der Waals surface area contributed by atoms with E-state index < -0.39 is 4.92 Å². The highest BCUT2D eigenvalue weighted by molar-refractivity contribution is 5.59. The molecule has 1 aliphatic rings. The van der Waals surface area contributed by atoms with Gasteiger partial charge in [-0.15, -0.1) is 0 Å². The van der Waals surface area contributed by atoms with Crippen molar-refractivity contribution in [3.05, 3.63) is 57.3 Å². The first-order valence-corrected chi connectivity index (χ1v) is 6.81. The zero-order valence-corrected chi connectivity index (χ0v) is 11.7. The van der Waals surface area contributed by atoms with Crippen molar-refractivity contribution in [3.8, 4) is 0 Å². The first-order chi connectivity index (χ1) is 10.0. The van der Waals surface area contributed by atoms with Crippen LogP contribution in [0.15, 0.2) is 30.3 Å². The molecular weight excluding hydrogens is 268 g/mol. The molecule has 108 valence electrons. The molecule has 0 aliphatic heterocycles. The monoisotopic (exact) mass is 284 g/mol. The molecule has 1 aromatic heterocycles. The lowest BCUT2D eigenvalue weighted by molar-refractivity contribution is -0.384. The van der Waals surface area contributed by atoms with E-state index in [1.54, 1.807) is 6.07 Å². The van der Waals surface area contributed by atoms with E-state index in [4.69, 9.17) is 5.73 Å². The molecule has 3 rings (SSSR count). The molecule has 0 saturated carbocycles. The largest absolute Gasteiger partial charge is 0.399 e. The summed E-state index contributed by atoms with van der Waals surface area (Å²) in [6, 6.07) is 8.98. The third-order valence-electron chi connectivity index (χ3n) is 3.77. The third kappa shape index (κ3) is 2.52. The standard InChI is InChI=1S/C15H16N4O2/c1-9-2-7-14(19(20)21)15(17-9)18-13-6-3-10-8-11(16)4-5-12(10)13/h2,4-5,7-8,13H,3,6,16H2,1H3,(H,17,18). The van der Waals surface area contributed by atoms with Crippen LogP contribution in [0.4, 0.5) is 17.2 Å². The molecule has 1 heterocycles. The minimum atomic E-state index is -0.409. The summed E-state index contributed by atoms with van der Waals surface area (Å²) >= 11 is 0. The van der Waals surface area contributed by atoms with Gasteiger partial charge in [-0.1, -0.05) is 6.07 Å². The summed E-state index contributed by atoms with van der Waals surface area (Å²) < 4.78 is 0. The number of fused-ring (bicyclic) bond motifs is 1. The van der Waals surface area contributed by atoms with Gasteiger partial charge in [0.25, 0.3) is 0 Å². The van der Waals surface area contributed by atoms with Gasteiger partial charge >= 0.3 is 5.69 Å². The molecule has 0 bridgehead atoms. The van der Waals surface area contributed by atoms with Crippen molar-refractivity contribution in [2.75, 3.05) is 11.1 Å². The normalized spacial score (nSPS) is 16.5. The SMILES string of the molecule is Cc1ccc([N+](=O)[O-])c(NC2CCc3cc(N)ccc32)n1. The number of nitrogens with zero attached hydrogens (tertiary/aromatic N) is 2. The zero-order valence-electron chi connectivity index (χ0n) is 11.7. The van der Waals surface area contributed by atoms with E-state index in [1.807, 2.05) is 25.1 Å². The van der Waals surface area contributed by atoms with E-state index in [0.717, 1.165) is 29.8 Å². The lowest BCUT2D eigenvalue weighted by Gasteiger charge is -2.15. The molecule has 0 spiro atoms. The molecule has 2 aromatic rings. The summed E-state index contributed by atoms with van der Waals surface area (Å²) in [6.45, 7) is 1.82. The molecule has 1 aromatic carbocycles. The van der Waals surface area contributed by atoms with Gasteiger partial charge in [-0.3, -0.25) is 10.1 Å². The second-order valence-corrected chi connectivity index (χ2v) is 5.27. The van der Waals surface area contributed by atoms with Crippen molar-refractivity contribution in [2.45, 2.75) is 25.8 Å². The fourth-order valence-corrected chi connectivity index (χ4v) is 2.76. The second-order valence-electron chi connectivity index (χ2n) is 5.27. The molecule has 3 N–H and O–H groups in total. The molecule has 21 heavy (non-hydrogen) atoms. The average Bonchev–Trinajstić information content (AvgIpc) is 2.81. The lowest BCUT2D eigenvalue weighted by Crippen LogP contribution is -2.10. The fraction of sp³-hybridized carbons (Fsp3) is 0.267. The maximum Gasteiger partial charge on any atom is 0.311 e. The number of nitrogens with two attached hydrogens (primary N) is 1. The molecule has 1 aliphatic carbocycles. The fourth-order valence-electron chi connectivity index (χ4n) is 2.76. The number of rotatable bonds is 3. The summed E-state index contributed by atoms with van der Waals surface area (Å²) in [7, 11) is 0. The quantitative estimate of drug-likeness (QED) is 0.513. The predicted molar refractivity (Wildman–Crippen MR) is 81.2 cm³/mol. The number of anilines is 2. The highest BCUT2D eigenvalue weighted by Gasteiger charge is 2.25. The van der Waals surface area contributed by atoms with Crippen LogP contribution in [0.1, 0.15) is 29.3 Å². The summed E-state index contributed by atoms with van der Waals surface area (Å²) in [6.07, 6.45) is 1.79. The van der Waals surface area contributed by atoms with Crippen LogP contribution in [-0.2, 0) is 6.42 Å². The Morgan fingerprint density at radius 3 is 2.95 bits per heavy atom. The lowest BCUT2D eigenvalue weighted by atomic mass is 10.1. The Morgan fingerprint density at radius 1 is 1.38 bits per heavy atom. The van der Waals surface area contributed by atoms with Crippen LogP contribution < -0.4 is 11.1 Å². The molecular formula is C15H16N4O2. The van der Waals surface area contributed by atoms with Crippen molar-refractivity contribution in [3.63, 3.8) is 0 Å². The third-order valence-corrected chi connectivity index (χ3v) is 3.77. The van der Waals surface area contributed by atoms with E-state index >= 15 is 0 Å². The van der Waals surface area contributed by atoms with Crippen LogP contribution in [0.2, 0.25) is 0 Å². The van der Waals surface area contributed by atoms with Crippen LogP contribution in [0.25, 0.3) is 0 Å². The topological polar surface area (TPSA) is 94.1 Å². The van der Waals surface area contributed by atoms with E-state index in [2.05, 4.69) is 10.3 Å². The van der Waals surface area contributed by atoms with E-state index in [1.165, 1.54) is 11.6 Å². The summed E-state index contributed by atoms with van der Waals surface area (Å²) in [4.78, 5) is 15.0. The summed E-state index contributed by atoms with van der Waals surface area (Å²) in [5, 5.41) is 14.3. The zero-order chi connectivity index (χ0) is 15.0. The Balaban J connectivity index is 1.93. The number of hydrogen-bond acceptors (Lipinski definition) is 5. The first-order valence-electron chi connectivity index (χ1n) is 6.81. The Hall–Kier alpha value is -2.63. The molecule has 1 unspecified atom stereocenters. The molecule has 0 saturated heterocycles. The van der Waals surface area contributed by atoms with Crippen molar-refractivity contribution in [1.82, 2.24) is 4.98 Å². The second kappa shape index (κ2) is 5.05. The number of hydrogen-bond donors (Lipinski definition) is 2. The van der Waals surface area contributed by atoms with Crippen molar-refractivity contribution in [2.24, 2.45) is 0 Å². The van der Waals surface area contributed by atoms with Crippen molar-refractivity contribution < 1.29 is 4.92 Å². The Labute approximate surface area is 122 Å². The van der Waals surface area contributed by atoms with Crippen LogP contribution in [0.3, 0.4) is 0 Å². The minimum Gasteiger partial charge on any atom is -0.399 e. The molecule has 6 heteroatoms. The Bertz CT molecular complexity index is 715. The van der Waals surface area contributed by atoms with E-state index in [0.29, 0.717) is 5.82 Å². The number of pyridine rings is 1. The van der Waals surface area contributed by atoms with Gasteiger partial charge in [-0.05, 0) is 49.1 Å².